The molecule has 2 saturated heterocycles. The first-order chi connectivity index (χ1) is 15.3. The maximum absolute atomic E-state index is 13.2. The summed E-state index contributed by atoms with van der Waals surface area (Å²) in [7, 11) is 0. The highest BCUT2D eigenvalue weighted by Gasteiger charge is 2.34. The Labute approximate surface area is 193 Å². The highest BCUT2D eigenvalue weighted by molar-refractivity contribution is 8.27. The molecule has 2 aliphatic heterocycles. The lowest BCUT2D eigenvalue weighted by Gasteiger charge is -2.30. The topological polar surface area (TPSA) is 104 Å². The number of carboxylic acid groups (broad SMARTS) is 1. The first-order valence-electron chi connectivity index (χ1n) is 10.00. The lowest BCUT2D eigenvalue weighted by Crippen LogP contribution is -2.30. The predicted molar refractivity (Wildman–Crippen MR) is 128 cm³/mol. The number of hydrogen-bond donors (Lipinski definition) is 1. The van der Waals surface area contributed by atoms with Gasteiger partial charge in [0.1, 0.15) is 0 Å². The first-order valence-corrected chi connectivity index (χ1v) is 11.2. The number of thioether (sulfide) groups is 1. The van der Waals surface area contributed by atoms with Gasteiger partial charge in [-0.05, 0) is 49.6 Å². The Morgan fingerprint density at radius 1 is 1.16 bits per heavy atom. The van der Waals surface area contributed by atoms with Gasteiger partial charge in [0, 0.05) is 36.5 Å². The van der Waals surface area contributed by atoms with Crippen LogP contribution in [0.4, 0.5) is 17.1 Å². The fraction of sp³-hybridized carbons (Fsp3) is 0.227. The predicted octanol–water partition coefficient (Wildman–Crippen LogP) is 4.69. The number of carbonyl (C=O) groups excluding carboxylic acids is 1. The summed E-state index contributed by atoms with van der Waals surface area (Å²) < 4.78 is 0.272. The summed E-state index contributed by atoms with van der Waals surface area (Å²) in [5.41, 5.74) is 1.79. The minimum absolute atomic E-state index is 0.0478. The molecule has 1 amide bonds. The zero-order valence-corrected chi connectivity index (χ0v) is 18.5. The Bertz CT molecular complexity index is 1160. The van der Waals surface area contributed by atoms with Gasteiger partial charge in [-0.1, -0.05) is 30.0 Å². The number of thiocarbonyl (C=S) groups is 1. The number of carbonyl (C=O) groups is 2. The van der Waals surface area contributed by atoms with Crippen LogP contribution in [-0.4, -0.2) is 39.3 Å². The van der Waals surface area contributed by atoms with Crippen molar-refractivity contribution < 1.29 is 19.6 Å². The van der Waals surface area contributed by atoms with Gasteiger partial charge in [-0.25, -0.2) is 4.79 Å². The molecule has 10 heteroatoms. The number of hydrogen-bond acceptors (Lipinski definition) is 7. The summed E-state index contributed by atoms with van der Waals surface area (Å²) in [6.45, 7) is 1.70. The van der Waals surface area contributed by atoms with Gasteiger partial charge in [0.05, 0.1) is 21.1 Å². The van der Waals surface area contributed by atoms with E-state index < -0.39 is 16.8 Å². The Morgan fingerprint density at radius 3 is 2.59 bits per heavy atom. The molecule has 2 fully saturated rings. The number of rotatable bonds is 5. The zero-order valence-electron chi connectivity index (χ0n) is 16.9. The van der Waals surface area contributed by atoms with Crippen LogP contribution in [0.25, 0.3) is 6.08 Å². The molecule has 2 aliphatic rings. The van der Waals surface area contributed by atoms with Gasteiger partial charge in [0.25, 0.3) is 11.6 Å². The van der Waals surface area contributed by atoms with Crippen molar-refractivity contribution in [3.63, 3.8) is 0 Å². The van der Waals surface area contributed by atoms with Crippen molar-refractivity contribution in [1.29, 1.82) is 0 Å². The van der Waals surface area contributed by atoms with Gasteiger partial charge >= 0.3 is 5.97 Å². The summed E-state index contributed by atoms with van der Waals surface area (Å²) in [6.07, 6.45) is 4.86. The van der Waals surface area contributed by atoms with Crippen molar-refractivity contribution in [3.05, 3.63) is 68.6 Å². The van der Waals surface area contributed by atoms with Crippen LogP contribution >= 0.6 is 24.0 Å². The third-order valence-electron chi connectivity index (χ3n) is 5.35. The van der Waals surface area contributed by atoms with Crippen LogP contribution in [0.15, 0.2) is 47.4 Å². The molecular weight excluding hydrogens is 450 g/mol. The van der Waals surface area contributed by atoms with E-state index in [1.54, 1.807) is 24.3 Å². The Hall–Kier alpha value is -3.24. The molecule has 4 rings (SSSR count). The quantitative estimate of drug-likeness (QED) is 0.291. The third-order valence-corrected chi connectivity index (χ3v) is 6.65. The molecule has 0 unspecified atom stereocenters. The summed E-state index contributed by atoms with van der Waals surface area (Å²) >= 11 is 6.48. The van der Waals surface area contributed by atoms with Gasteiger partial charge < -0.3 is 10.0 Å². The summed E-state index contributed by atoms with van der Waals surface area (Å²) in [4.78, 5) is 39.1. The molecule has 32 heavy (non-hydrogen) atoms. The normalized spacial score (nSPS) is 17.8. The SMILES string of the molecule is O=C(O)c1cccc(N2C(=O)/C(=C\c3cc([N+](=O)[O-])ccc3N3CCCCC3)SC2=S)c1. The first kappa shape index (κ1) is 22.0. The van der Waals surface area contributed by atoms with E-state index in [9.17, 15) is 24.8 Å². The van der Waals surface area contributed by atoms with Gasteiger partial charge in [-0.15, -0.1) is 0 Å². The Kier molecular flexibility index (Phi) is 6.24. The molecule has 2 heterocycles. The molecule has 2 aromatic carbocycles. The van der Waals surface area contributed by atoms with E-state index in [1.807, 2.05) is 0 Å². The maximum atomic E-state index is 13.2. The number of piperidine rings is 1. The molecule has 8 nitrogen and oxygen atoms in total. The van der Waals surface area contributed by atoms with Gasteiger partial charge in [-0.2, -0.15) is 0 Å². The molecule has 0 spiro atoms. The van der Waals surface area contributed by atoms with E-state index in [0.29, 0.717) is 16.2 Å². The zero-order chi connectivity index (χ0) is 22.8. The van der Waals surface area contributed by atoms with Gasteiger partial charge in [0.2, 0.25) is 0 Å². The van der Waals surface area contributed by atoms with Crippen molar-refractivity contribution in [2.45, 2.75) is 19.3 Å². The third kappa shape index (κ3) is 4.37. The second kappa shape index (κ2) is 9.09. The average molecular weight is 470 g/mol. The molecule has 0 atom stereocenters. The number of anilines is 2. The minimum Gasteiger partial charge on any atom is -0.478 e. The number of amides is 1. The number of aromatic carboxylic acids is 1. The van der Waals surface area contributed by atoms with Crippen molar-refractivity contribution in [2.24, 2.45) is 0 Å². The van der Waals surface area contributed by atoms with Gasteiger partial charge in [-0.3, -0.25) is 19.8 Å². The van der Waals surface area contributed by atoms with Crippen molar-refractivity contribution in [2.75, 3.05) is 22.9 Å². The molecule has 0 saturated carbocycles. The summed E-state index contributed by atoms with van der Waals surface area (Å²) in [5, 5.41) is 20.6. The van der Waals surface area contributed by atoms with E-state index in [0.717, 1.165) is 49.8 Å². The number of nitrogens with zero attached hydrogens (tertiary/aromatic N) is 3. The number of nitro benzene ring substituents is 1. The molecule has 0 aromatic heterocycles. The number of non-ortho nitro benzene ring substituents is 1. The Balaban J connectivity index is 1.72. The highest BCUT2D eigenvalue weighted by Crippen LogP contribution is 2.38. The highest BCUT2D eigenvalue weighted by atomic mass is 32.2. The molecular formula is C22H19N3O5S2. The van der Waals surface area contributed by atoms with E-state index in [2.05, 4.69) is 4.90 Å². The van der Waals surface area contributed by atoms with Crippen molar-refractivity contribution >= 4 is 63.3 Å². The van der Waals surface area contributed by atoms with Crippen LogP contribution in [0, 0.1) is 10.1 Å². The lowest BCUT2D eigenvalue weighted by atomic mass is 10.1. The minimum atomic E-state index is -1.10. The monoisotopic (exact) mass is 469 g/mol. The molecule has 0 radical (unpaired) electrons. The van der Waals surface area contributed by atoms with Crippen molar-refractivity contribution in [1.82, 2.24) is 0 Å². The Morgan fingerprint density at radius 2 is 1.91 bits per heavy atom. The van der Waals surface area contributed by atoms with Crippen LogP contribution in [0.3, 0.4) is 0 Å². The lowest BCUT2D eigenvalue weighted by molar-refractivity contribution is -0.384. The van der Waals surface area contributed by atoms with E-state index >= 15 is 0 Å². The number of carboxylic acids is 1. The number of nitro groups is 1. The van der Waals surface area contributed by atoms with Crippen LogP contribution in [0.1, 0.15) is 35.2 Å². The van der Waals surface area contributed by atoms with Crippen LogP contribution < -0.4 is 9.80 Å². The smallest absolute Gasteiger partial charge is 0.335 e. The van der Waals surface area contributed by atoms with E-state index in [4.69, 9.17) is 12.2 Å². The number of benzene rings is 2. The molecule has 1 N–H and O–H groups in total. The molecule has 2 aromatic rings. The standard InChI is InChI=1S/C22H19N3O5S2/c26-20-19(32-22(31)24(20)16-6-4-5-14(11-16)21(27)28)13-15-12-17(25(29)30)7-8-18(15)23-9-2-1-3-10-23/h4-8,11-13H,1-3,9-10H2,(H,27,28)/b19-13+. The van der Waals surface area contributed by atoms with Crippen molar-refractivity contribution in [3.8, 4) is 0 Å². The van der Waals surface area contributed by atoms with Crippen LogP contribution in [-0.2, 0) is 4.79 Å². The van der Waals surface area contributed by atoms with E-state index in [1.165, 1.54) is 29.2 Å². The average Bonchev–Trinajstić information content (AvgIpc) is 3.07. The van der Waals surface area contributed by atoms with Gasteiger partial charge in [0.15, 0.2) is 4.32 Å². The van der Waals surface area contributed by atoms with E-state index in [-0.39, 0.29) is 15.6 Å². The summed E-state index contributed by atoms with van der Waals surface area (Å²) in [6, 6.07) is 10.7. The molecule has 0 bridgehead atoms. The largest absolute Gasteiger partial charge is 0.478 e. The van der Waals surface area contributed by atoms with Crippen LogP contribution in [0.2, 0.25) is 0 Å². The molecule has 0 aliphatic carbocycles. The second-order valence-electron chi connectivity index (χ2n) is 7.42. The fourth-order valence-electron chi connectivity index (χ4n) is 3.80. The second-order valence-corrected chi connectivity index (χ2v) is 9.10. The summed E-state index contributed by atoms with van der Waals surface area (Å²) in [5.74, 6) is -1.49. The fourth-order valence-corrected chi connectivity index (χ4v) is 5.09. The molecule has 164 valence electrons. The maximum Gasteiger partial charge on any atom is 0.335 e. The van der Waals surface area contributed by atoms with Crippen LogP contribution in [0.5, 0.6) is 0 Å².